The van der Waals surface area contributed by atoms with Crippen molar-refractivity contribution < 1.29 is 19.4 Å². The van der Waals surface area contributed by atoms with E-state index in [9.17, 15) is 9.90 Å². The Morgan fingerprint density at radius 3 is 2.63 bits per heavy atom. The molecule has 1 aliphatic rings. The van der Waals surface area contributed by atoms with E-state index in [2.05, 4.69) is 27.8 Å². The molecule has 186 valence electrons. The van der Waals surface area contributed by atoms with Gasteiger partial charge in [-0.1, -0.05) is 66.4 Å². The number of amides is 2. The van der Waals surface area contributed by atoms with Crippen LogP contribution in [0.1, 0.15) is 47.9 Å². The number of aromatic nitrogens is 2. The third-order valence-electron chi connectivity index (χ3n) is 5.76. The number of carbonyl (C=O) groups excluding carboxylic acids is 1. The van der Waals surface area contributed by atoms with Gasteiger partial charge in [0.15, 0.2) is 10.6 Å². The van der Waals surface area contributed by atoms with E-state index >= 15 is 0 Å². The summed E-state index contributed by atoms with van der Waals surface area (Å²) in [5.74, 6) is 0.780. The summed E-state index contributed by atoms with van der Waals surface area (Å²) < 4.78 is 13.9. The summed E-state index contributed by atoms with van der Waals surface area (Å²) in [5.41, 5.74) is 3.37. The molecule has 1 aliphatic heterocycles. The molecule has 4 atom stereocenters. The van der Waals surface area contributed by atoms with E-state index in [1.54, 1.807) is 23.1 Å². The second-order valence-electron chi connectivity index (χ2n) is 8.33. The van der Waals surface area contributed by atoms with Gasteiger partial charge in [-0.05, 0) is 37.1 Å². The van der Waals surface area contributed by atoms with Crippen LogP contribution in [0.15, 0.2) is 52.9 Å². The fraction of sp³-hybridized carbons (Fsp3) is 0.400. The number of hydrogen-bond donors (Lipinski definition) is 3. The van der Waals surface area contributed by atoms with Crippen LogP contribution in [0, 0.1) is 12.8 Å². The molecule has 0 aliphatic carbocycles. The van der Waals surface area contributed by atoms with Gasteiger partial charge < -0.3 is 25.2 Å². The van der Waals surface area contributed by atoms with Crippen LogP contribution in [0.4, 0.5) is 10.5 Å². The fourth-order valence-electron chi connectivity index (χ4n) is 3.90. The van der Waals surface area contributed by atoms with Gasteiger partial charge in [0.05, 0.1) is 18.8 Å². The van der Waals surface area contributed by atoms with Gasteiger partial charge in [0.25, 0.3) is 0 Å². The monoisotopic (exact) mass is 514 g/mol. The molecular formula is C25H30N4O4S2. The maximum atomic E-state index is 12.0. The number of benzene rings is 2. The summed E-state index contributed by atoms with van der Waals surface area (Å²) in [5, 5.41) is 24.3. The van der Waals surface area contributed by atoms with Gasteiger partial charge in [-0.15, -0.1) is 10.2 Å². The average Bonchev–Trinajstić information content (AvgIpc) is 3.29. The lowest BCUT2D eigenvalue weighted by atomic mass is 9.91. The van der Waals surface area contributed by atoms with E-state index in [-0.39, 0.29) is 30.8 Å². The third-order valence-corrected chi connectivity index (χ3v) is 7.82. The van der Waals surface area contributed by atoms with Gasteiger partial charge in [0.2, 0.25) is 0 Å². The predicted molar refractivity (Wildman–Crippen MR) is 137 cm³/mol. The maximum absolute atomic E-state index is 12.0. The molecule has 1 fully saturated rings. The molecule has 2 heterocycles. The van der Waals surface area contributed by atoms with Gasteiger partial charge in [-0.3, -0.25) is 0 Å². The number of nitrogens with zero attached hydrogens (tertiary/aromatic N) is 2. The van der Waals surface area contributed by atoms with Gasteiger partial charge in [0, 0.05) is 29.5 Å². The molecule has 4 rings (SSSR count). The van der Waals surface area contributed by atoms with Crippen LogP contribution in [0.3, 0.4) is 0 Å². The highest BCUT2D eigenvalue weighted by Crippen LogP contribution is 2.43. The second-order valence-corrected chi connectivity index (χ2v) is 10.8. The van der Waals surface area contributed by atoms with Crippen LogP contribution < -0.4 is 10.6 Å². The Morgan fingerprint density at radius 2 is 1.94 bits per heavy atom. The molecule has 0 saturated carbocycles. The zero-order valence-electron chi connectivity index (χ0n) is 19.9. The quantitative estimate of drug-likeness (QED) is 0.361. The number of aryl methyl sites for hydroxylation is 1. The van der Waals surface area contributed by atoms with Crippen LogP contribution in [0.2, 0.25) is 0 Å². The van der Waals surface area contributed by atoms with Crippen molar-refractivity contribution >= 4 is 34.8 Å². The minimum Gasteiger partial charge on any atom is -0.392 e. The lowest BCUT2D eigenvalue weighted by Gasteiger charge is -2.41. The SMILES string of the molecule is CCNC(=O)Nc1cccc(C2OC(CSc3nnc(C)s3)C(C)C(c3ccc(CO)cc3)O2)c1. The van der Waals surface area contributed by atoms with Crippen LogP contribution >= 0.6 is 23.1 Å². The molecule has 1 saturated heterocycles. The highest BCUT2D eigenvalue weighted by molar-refractivity contribution is 8.01. The Balaban J connectivity index is 1.57. The Bertz CT molecular complexity index is 1120. The zero-order valence-corrected chi connectivity index (χ0v) is 21.6. The molecule has 8 nitrogen and oxygen atoms in total. The summed E-state index contributed by atoms with van der Waals surface area (Å²) in [6.45, 7) is 6.49. The summed E-state index contributed by atoms with van der Waals surface area (Å²) >= 11 is 3.21. The van der Waals surface area contributed by atoms with Crippen molar-refractivity contribution in [3.63, 3.8) is 0 Å². The summed E-state index contributed by atoms with van der Waals surface area (Å²) in [7, 11) is 0. The fourth-order valence-corrected chi connectivity index (χ4v) is 5.90. The van der Waals surface area contributed by atoms with E-state index in [1.807, 2.05) is 62.4 Å². The van der Waals surface area contributed by atoms with E-state index in [0.29, 0.717) is 18.0 Å². The molecule has 2 amide bonds. The molecule has 2 aromatic carbocycles. The van der Waals surface area contributed by atoms with Crippen LogP contribution in [-0.2, 0) is 16.1 Å². The van der Waals surface area contributed by atoms with E-state index in [4.69, 9.17) is 9.47 Å². The van der Waals surface area contributed by atoms with Crippen molar-refractivity contribution in [2.45, 2.75) is 50.2 Å². The van der Waals surface area contributed by atoms with E-state index in [0.717, 1.165) is 26.0 Å². The zero-order chi connectivity index (χ0) is 24.8. The number of anilines is 1. The topological polar surface area (TPSA) is 106 Å². The standard InChI is InChI=1S/C25H30N4O4S2/c1-4-26-24(31)27-20-7-5-6-19(12-20)23-32-21(14-34-25-29-28-16(3)35-25)15(2)22(33-23)18-10-8-17(13-30)9-11-18/h5-12,15,21-23,30H,4,13-14H2,1-3H3,(H2,26,27,31). The van der Waals surface area contributed by atoms with Crippen molar-refractivity contribution in [1.29, 1.82) is 0 Å². The first-order valence-corrected chi connectivity index (χ1v) is 13.4. The number of thioether (sulfide) groups is 1. The highest BCUT2D eigenvalue weighted by Gasteiger charge is 2.38. The Morgan fingerprint density at radius 1 is 1.14 bits per heavy atom. The molecule has 3 aromatic rings. The molecule has 0 bridgehead atoms. The smallest absolute Gasteiger partial charge is 0.319 e. The summed E-state index contributed by atoms with van der Waals surface area (Å²) in [4.78, 5) is 12.0. The number of ether oxygens (including phenoxy) is 2. The van der Waals surface area contributed by atoms with Crippen LogP contribution in [0.25, 0.3) is 0 Å². The van der Waals surface area contributed by atoms with E-state index < -0.39 is 6.29 Å². The number of carbonyl (C=O) groups is 1. The van der Waals surface area contributed by atoms with Crippen LogP contribution in [0.5, 0.6) is 0 Å². The molecule has 35 heavy (non-hydrogen) atoms. The normalized spacial score (nSPS) is 22.1. The van der Waals surface area contributed by atoms with Crippen molar-refractivity contribution in [3.8, 4) is 0 Å². The Kier molecular flexibility index (Phi) is 8.74. The van der Waals surface area contributed by atoms with Gasteiger partial charge in [-0.2, -0.15) is 0 Å². The number of aliphatic hydroxyl groups is 1. The number of rotatable bonds is 8. The molecular weight excluding hydrogens is 484 g/mol. The number of nitrogens with one attached hydrogen (secondary N) is 2. The van der Waals surface area contributed by atoms with Crippen molar-refractivity contribution in [2.24, 2.45) is 5.92 Å². The third kappa shape index (κ3) is 6.59. The van der Waals surface area contributed by atoms with Crippen molar-refractivity contribution in [2.75, 3.05) is 17.6 Å². The first-order chi connectivity index (χ1) is 17.0. The highest BCUT2D eigenvalue weighted by atomic mass is 32.2. The molecule has 0 radical (unpaired) electrons. The number of aliphatic hydroxyl groups excluding tert-OH is 1. The molecule has 4 unspecified atom stereocenters. The molecule has 3 N–H and O–H groups in total. The van der Waals surface area contributed by atoms with Gasteiger partial charge in [-0.25, -0.2) is 4.79 Å². The molecule has 0 spiro atoms. The number of urea groups is 1. The minimum atomic E-state index is -0.605. The first kappa shape index (κ1) is 25.6. The van der Waals surface area contributed by atoms with Crippen LogP contribution in [-0.4, -0.2) is 39.7 Å². The predicted octanol–water partition coefficient (Wildman–Crippen LogP) is 5.06. The van der Waals surface area contributed by atoms with Crippen molar-refractivity contribution in [1.82, 2.24) is 15.5 Å². The summed E-state index contributed by atoms with van der Waals surface area (Å²) in [6, 6.07) is 15.1. The second kappa shape index (κ2) is 12.0. The van der Waals surface area contributed by atoms with E-state index in [1.165, 1.54) is 0 Å². The lowest BCUT2D eigenvalue weighted by molar-refractivity contribution is -0.268. The minimum absolute atomic E-state index is 0.000967. The Hall–Kier alpha value is -2.50. The molecule has 10 heteroatoms. The summed E-state index contributed by atoms with van der Waals surface area (Å²) in [6.07, 6.45) is -0.916. The van der Waals surface area contributed by atoms with Gasteiger partial charge in [0.1, 0.15) is 5.01 Å². The Labute approximate surface area is 213 Å². The van der Waals surface area contributed by atoms with Gasteiger partial charge >= 0.3 is 6.03 Å². The first-order valence-electron chi connectivity index (χ1n) is 11.5. The average molecular weight is 515 g/mol. The number of hydrogen-bond acceptors (Lipinski definition) is 8. The van der Waals surface area contributed by atoms with Crippen molar-refractivity contribution in [3.05, 3.63) is 70.2 Å². The largest absolute Gasteiger partial charge is 0.392 e. The maximum Gasteiger partial charge on any atom is 0.319 e. The molecule has 1 aromatic heterocycles. The lowest BCUT2D eigenvalue weighted by Crippen LogP contribution is -2.38.